The summed E-state index contributed by atoms with van der Waals surface area (Å²) in [6.45, 7) is 5.86. The minimum Gasteiger partial charge on any atom is -0.358 e. The van der Waals surface area contributed by atoms with E-state index >= 15 is 0 Å². The first kappa shape index (κ1) is 23.3. The molecule has 2 aliphatic heterocycles. The summed E-state index contributed by atoms with van der Waals surface area (Å²) >= 11 is 6.05. The van der Waals surface area contributed by atoms with Crippen molar-refractivity contribution in [3.8, 4) is 0 Å². The van der Waals surface area contributed by atoms with Gasteiger partial charge in [-0.1, -0.05) is 43.6 Å². The van der Waals surface area contributed by atoms with Gasteiger partial charge in [0.1, 0.15) is 23.8 Å². The van der Waals surface area contributed by atoms with Crippen LogP contribution in [-0.2, 0) is 11.3 Å². The lowest BCUT2D eigenvalue weighted by Gasteiger charge is -2.42. The van der Waals surface area contributed by atoms with Gasteiger partial charge in [0.25, 0.3) is 0 Å². The summed E-state index contributed by atoms with van der Waals surface area (Å²) in [4.78, 5) is 39.7. The molecule has 3 N–H and O–H groups in total. The fraction of sp³-hybridized carbons (Fsp3) is 0.360. The highest BCUT2D eigenvalue weighted by Gasteiger charge is 2.35. The summed E-state index contributed by atoms with van der Waals surface area (Å²) in [7, 11) is 0. The van der Waals surface area contributed by atoms with E-state index in [-0.39, 0.29) is 24.0 Å². The predicted octanol–water partition coefficient (Wildman–Crippen LogP) is 3.53. The van der Waals surface area contributed by atoms with Crippen molar-refractivity contribution in [3.05, 3.63) is 59.4 Å². The SMILES string of the molecule is CC(C)[C@@H]1Nc2nc(nc3ccccc23)CN2CCN(C(=O)Nc3cccc(Cl)c3)CC2NC1=O. The molecule has 182 valence electrons. The fourth-order valence-corrected chi connectivity index (χ4v) is 4.71. The minimum absolute atomic E-state index is 0.0193. The van der Waals surface area contributed by atoms with Crippen LogP contribution in [0.25, 0.3) is 10.9 Å². The molecule has 1 saturated heterocycles. The van der Waals surface area contributed by atoms with Crippen molar-refractivity contribution in [3.63, 3.8) is 0 Å². The van der Waals surface area contributed by atoms with Crippen molar-refractivity contribution in [2.24, 2.45) is 5.92 Å². The van der Waals surface area contributed by atoms with Gasteiger partial charge < -0.3 is 20.9 Å². The van der Waals surface area contributed by atoms with Gasteiger partial charge in [-0.25, -0.2) is 14.8 Å². The smallest absolute Gasteiger partial charge is 0.322 e. The molecule has 9 nitrogen and oxygen atoms in total. The number of carbonyl (C=O) groups excluding carboxylic acids is 2. The van der Waals surface area contributed by atoms with Crippen LogP contribution in [-0.4, -0.2) is 63.5 Å². The number of halogens is 1. The maximum Gasteiger partial charge on any atom is 0.322 e. The van der Waals surface area contributed by atoms with E-state index in [1.807, 2.05) is 38.1 Å². The van der Waals surface area contributed by atoms with Gasteiger partial charge in [0.15, 0.2) is 0 Å². The summed E-state index contributed by atoms with van der Waals surface area (Å²) in [6, 6.07) is 14.1. The van der Waals surface area contributed by atoms with Gasteiger partial charge in [0.05, 0.1) is 18.6 Å². The third-order valence-corrected chi connectivity index (χ3v) is 6.63. The number of fused-ring (bicyclic) bond motifs is 5. The Morgan fingerprint density at radius 3 is 2.74 bits per heavy atom. The number of aromatic nitrogens is 2. The van der Waals surface area contributed by atoms with Crippen LogP contribution in [0.4, 0.5) is 16.3 Å². The lowest BCUT2D eigenvalue weighted by atomic mass is 10.0. The summed E-state index contributed by atoms with van der Waals surface area (Å²) in [5.41, 5.74) is 1.46. The molecule has 0 radical (unpaired) electrons. The zero-order chi connectivity index (χ0) is 24.5. The molecular weight excluding hydrogens is 466 g/mol. The number of amides is 3. The molecule has 10 heteroatoms. The van der Waals surface area contributed by atoms with E-state index in [2.05, 4.69) is 20.9 Å². The number of piperazine rings is 1. The second-order valence-electron chi connectivity index (χ2n) is 9.25. The van der Waals surface area contributed by atoms with E-state index in [0.717, 1.165) is 10.9 Å². The number of para-hydroxylation sites is 1. The molecule has 3 amide bonds. The Bertz CT molecular complexity index is 1270. The summed E-state index contributed by atoms with van der Waals surface area (Å²) < 4.78 is 0. The van der Waals surface area contributed by atoms with Crippen LogP contribution >= 0.6 is 11.6 Å². The van der Waals surface area contributed by atoms with E-state index in [0.29, 0.717) is 48.5 Å². The molecule has 2 aromatic carbocycles. The van der Waals surface area contributed by atoms with Crippen molar-refractivity contribution < 1.29 is 9.59 Å². The topological polar surface area (TPSA) is 102 Å². The summed E-state index contributed by atoms with van der Waals surface area (Å²) in [5.74, 6) is 1.23. The maximum absolute atomic E-state index is 13.4. The molecule has 0 spiro atoms. The number of hydrogen-bond donors (Lipinski definition) is 3. The first-order chi connectivity index (χ1) is 16.9. The highest BCUT2D eigenvalue weighted by atomic mass is 35.5. The Balaban J connectivity index is 1.42. The van der Waals surface area contributed by atoms with Crippen molar-refractivity contribution in [1.29, 1.82) is 0 Å². The number of anilines is 2. The fourth-order valence-electron chi connectivity index (χ4n) is 4.52. The molecule has 1 unspecified atom stereocenters. The lowest BCUT2D eigenvalue weighted by molar-refractivity contribution is -0.125. The molecule has 1 fully saturated rings. The number of carbonyl (C=O) groups is 2. The maximum atomic E-state index is 13.4. The van der Waals surface area contributed by atoms with Gasteiger partial charge >= 0.3 is 6.03 Å². The quantitative estimate of drug-likeness (QED) is 0.504. The lowest BCUT2D eigenvalue weighted by Crippen LogP contribution is -2.63. The Morgan fingerprint density at radius 2 is 1.94 bits per heavy atom. The van der Waals surface area contributed by atoms with E-state index in [9.17, 15) is 9.59 Å². The molecule has 0 saturated carbocycles. The number of hydrogen-bond acceptors (Lipinski definition) is 6. The van der Waals surface area contributed by atoms with Crippen molar-refractivity contribution >= 4 is 45.9 Å². The minimum atomic E-state index is -0.489. The van der Waals surface area contributed by atoms with E-state index < -0.39 is 6.04 Å². The standard InChI is InChI=1S/C25H28ClN7O2/c1-15(2)22-24(34)30-21-14-33(25(35)27-17-7-5-6-16(26)12-17)11-10-32(21)13-20-28-19-9-4-3-8-18(19)23(29-20)31-22/h3-9,12,15,21-22H,10-11,13-14H2,1-2H3,(H,27,35)(H,30,34)(H,28,29,31)/t21?,22-/m0/s1. The highest BCUT2D eigenvalue weighted by Crippen LogP contribution is 2.25. The van der Waals surface area contributed by atoms with Crippen LogP contribution in [0.2, 0.25) is 5.02 Å². The summed E-state index contributed by atoms with van der Waals surface area (Å²) in [6.07, 6.45) is -0.374. The van der Waals surface area contributed by atoms with Crippen molar-refractivity contribution in [2.75, 3.05) is 30.3 Å². The average Bonchev–Trinajstić information content (AvgIpc) is 2.82. The van der Waals surface area contributed by atoms with Crippen LogP contribution in [0, 0.1) is 5.92 Å². The number of urea groups is 1. The highest BCUT2D eigenvalue weighted by molar-refractivity contribution is 6.30. The van der Waals surface area contributed by atoms with E-state index in [1.165, 1.54) is 0 Å². The Morgan fingerprint density at radius 1 is 1.11 bits per heavy atom. The Labute approximate surface area is 208 Å². The molecule has 2 atom stereocenters. The zero-order valence-electron chi connectivity index (χ0n) is 19.7. The number of benzene rings is 2. The predicted molar refractivity (Wildman–Crippen MR) is 136 cm³/mol. The molecule has 35 heavy (non-hydrogen) atoms. The second kappa shape index (κ2) is 9.67. The molecule has 3 aromatic rings. The first-order valence-electron chi connectivity index (χ1n) is 11.8. The van der Waals surface area contributed by atoms with Crippen LogP contribution in [0.1, 0.15) is 19.7 Å². The van der Waals surface area contributed by atoms with Gasteiger partial charge in [-0.3, -0.25) is 9.69 Å². The van der Waals surface area contributed by atoms with Crippen LogP contribution in [0.3, 0.4) is 0 Å². The molecule has 2 bridgehead atoms. The number of nitrogens with one attached hydrogen (secondary N) is 3. The Kier molecular flexibility index (Phi) is 6.44. The molecule has 2 aliphatic rings. The van der Waals surface area contributed by atoms with Gasteiger partial charge in [-0.2, -0.15) is 0 Å². The van der Waals surface area contributed by atoms with Crippen molar-refractivity contribution in [2.45, 2.75) is 32.6 Å². The van der Waals surface area contributed by atoms with Crippen LogP contribution in [0.15, 0.2) is 48.5 Å². The largest absolute Gasteiger partial charge is 0.358 e. The molecular formula is C25H28ClN7O2. The second-order valence-corrected chi connectivity index (χ2v) is 9.69. The van der Waals surface area contributed by atoms with E-state index in [1.54, 1.807) is 29.2 Å². The molecule has 5 rings (SSSR count). The Hall–Kier alpha value is -3.43. The van der Waals surface area contributed by atoms with E-state index in [4.69, 9.17) is 21.6 Å². The van der Waals surface area contributed by atoms with Crippen LogP contribution < -0.4 is 16.0 Å². The van der Waals surface area contributed by atoms with Crippen LogP contribution in [0.5, 0.6) is 0 Å². The normalized spacial score (nSPS) is 20.7. The van der Waals surface area contributed by atoms with Gasteiger partial charge in [-0.15, -0.1) is 0 Å². The van der Waals surface area contributed by atoms with Crippen molar-refractivity contribution in [1.82, 2.24) is 25.1 Å². The zero-order valence-corrected chi connectivity index (χ0v) is 20.4. The van der Waals surface area contributed by atoms with Gasteiger partial charge in [0.2, 0.25) is 5.91 Å². The average molecular weight is 494 g/mol. The third-order valence-electron chi connectivity index (χ3n) is 6.40. The third kappa shape index (κ3) is 5.01. The number of nitrogens with zero attached hydrogens (tertiary/aromatic N) is 4. The first-order valence-corrected chi connectivity index (χ1v) is 12.1. The van der Waals surface area contributed by atoms with Gasteiger partial charge in [-0.05, 0) is 36.2 Å². The monoisotopic (exact) mass is 493 g/mol. The molecule has 1 aromatic heterocycles. The molecule has 0 aliphatic carbocycles. The molecule has 3 heterocycles. The number of rotatable bonds is 2. The summed E-state index contributed by atoms with van der Waals surface area (Å²) in [5, 5.41) is 10.9. The van der Waals surface area contributed by atoms with Gasteiger partial charge in [0, 0.05) is 29.2 Å².